The van der Waals surface area contributed by atoms with Crippen molar-refractivity contribution in [2.24, 2.45) is 0 Å². The van der Waals surface area contributed by atoms with Gasteiger partial charge in [0, 0.05) is 25.7 Å². The molecule has 0 aliphatic carbocycles. The lowest BCUT2D eigenvalue weighted by atomic mass is 10.1. The number of halogens is 2. The lowest BCUT2D eigenvalue weighted by Gasteiger charge is -2.24. The Morgan fingerprint density at radius 3 is 2.43 bits per heavy atom. The summed E-state index contributed by atoms with van der Waals surface area (Å²) in [6.45, 7) is 2.91. The quantitative estimate of drug-likeness (QED) is 0.743. The van der Waals surface area contributed by atoms with Crippen LogP contribution in [0.4, 0.5) is 4.39 Å². The topological polar surface area (TPSA) is 24.1 Å². The van der Waals surface area contributed by atoms with Crippen molar-refractivity contribution >= 4 is 12.4 Å². The molecular weight excluding hydrogens is 203 g/mol. The third-order valence-electron chi connectivity index (χ3n) is 2.31. The smallest absolute Gasteiger partial charge is 0.123 e. The molecule has 4 heteroatoms. The minimum atomic E-state index is -0.174. The van der Waals surface area contributed by atoms with Crippen molar-refractivity contribution in [1.82, 2.24) is 10.6 Å². The van der Waals surface area contributed by atoms with Crippen LogP contribution in [0.1, 0.15) is 11.6 Å². The van der Waals surface area contributed by atoms with Crippen molar-refractivity contribution in [3.63, 3.8) is 0 Å². The average Bonchev–Trinajstić information content (AvgIpc) is 2.20. The molecule has 1 heterocycles. The molecule has 78 valence electrons. The second kappa shape index (κ2) is 5.29. The third-order valence-corrected chi connectivity index (χ3v) is 2.31. The fourth-order valence-corrected chi connectivity index (χ4v) is 1.58. The molecule has 1 aliphatic rings. The predicted molar refractivity (Wildman–Crippen MR) is 57.3 cm³/mol. The van der Waals surface area contributed by atoms with Gasteiger partial charge in [-0.1, -0.05) is 12.1 Å². The van der Waals surface area contributed by atoms with Crippen LogP contribution in [0.5, 0.6) is 0 Å². The maximum Gasteiger partial charge on any atom is 0.123 e. The molecule has 1 aliphatic heterocycles. The zero-order valence-electron chi connectivity index (χ0n) is 7.79. The molecule has 1 unspecified atom stereocenters. The molecular formula is C10H14ClFN2. The molecule has 0 amide bonds. The Morgan fingerprint density at radius 2 is 1.86 bits per heavy atom. The maximum atomic E-state index is 12.6. The molecule has 0 aromatic heterocycles. The van der Waals surface area contributed by atoms with Crippen LogP contribution in [0, 0.1) is 5.82 Å². The summed E-state index contributed by atoms with van der Waals surface area (Å²) in [5.74, 6) is -0.174. The van der Waals surface area contributed by atoms with Gasteiger partial charge in [0.25, 0.3) is 0 Å². The highest BCUT2D eigenvalue weighted by atomic mass is 35.5. The first-order valence-electron chi connectivity index (χ1n) is 4.56. The fraction of sp³-hybridized carbons (Fsp3) is 0.400. The van der Waals surface area contributed by atoms with E-state index in [2.05, 4.69) is 10.6 Å². The van der Waals surface area contributed by atoms with Crippen molar-refractivity contribution in [3.05, 3.63) is 35.6 Å². The Bertz CT molecular complexity index is 270. The van der Waals surface area contributed by atoms with Crippen LogP contribution in [0.3, 0.4) is 0 Å². The van der Waals surface area contributed by atoms with E-state index in [4.69, 9.17) is 0 Å². The molecule has 2 nitrogen and oxygen atoms in total. The molecule has 1 atom stereocenters. The van der Waals surface area contributed by atoms with Crippen LogP contribution in [0.2, 0.25) is 0 Å². The molecule has 0 spiro atoms. The lowest BCUT2D eigenvalue weighted by molar-refractivity contribution is 0.430. The zero-order valence-corrected chi connectivity index (χ0v) is 8.61. The summed E-state index contributed by atoms with van der Waals surface area (Å²) in [6, 6.07) is 7.01. The highest BCUT2D eigenvalue weighted by molar-refractivity contribution is 5.85. The Balaban J connectivity index is 0.000000980. The second-order valence-corrected chi connectivity index (χ2v) is 3.26. The summed E-state index contributed by atoms with van der Waals surface area (Å²) in [5.41, 5.74) is 1.15. The van der Waals surface area contributed by atoms with Gasteiger partial charge >= 0.3 is 0 Å². The summed E-state index contributed by atoms with van der Waals surface area (Å²) in [5, 5.41) is 6.66. The van der Waals surface area contributed by atoms with Crippen LogP contribution >= 0.6 is 12.4 Å². The molecule has 0 radical (unpaired) electrons. The first-order chi connectivity index (χ1) is 6.36. The first-order valence-corrected chi connectivity index (χ1v) is 4.56. The molecule has 14 heavy (non-hydrogen) atoms. The molecule has 1 fully saturated rings. The summed E-state index contributed by atoms with van der Waals surface area (Å²) in [7, 11) is 0. The van der Waals surface area contributed by atoms with Crippen LogP contribution in [0.25, 0.3) is 0 Å². The summed E-state index contributed by atoms with van der Waals surface area (Å²) >= 11 is 0. The maximum absolute atomic E-state index is 12.6. The van der Waals surface area contributed by atoms with E-state index in [-0.39, 0.29) is 18.2 Å². The monoisotopic (exact) mass is 216 g/mol. The van der Waals surface area contributed by atoms with Gasteiger partial charge in [-0.05, 0) is 17.7 Å². The van der Waals surface area contributed by atoms with Gasteiger partial charge in [-0.3, -0.25) is 0 Å². The Labute approximate surface area is 89.3 Å². The minimum absolute atomic E-state index is 0. The van der Waals surface area contributed by atoms with Crippen LogP contribution in [-0.2, 0) is 0 Å². The van der Waals surface area contributed by atoms with Gasteiger partial charge in [-0.25, -0.2) is 4.39 Å². The molecule has 0 saturated carbocycles. The second-order valence-electron chi connectivity index (χ2n) is 3.26. The van der Waals surface area contributed by atoms with Crippen LogP contribution in [-0.4, -0.2) is 19.6 Å². The van der Waals surface area contributed by atoms with E-state index in [1.165, 1.54) is 12.1 Å². The van der Waals surface area contributed by atoms with E-state index in [0.717, 1.165) is 25.2 Å². The summed E-state index contributed by atoms with van der Waals surface area (Å²) in [4.78, 5) is 0. The van der Waals surface area contributed by atoms with E-state index in [0.29, 0.717) is 6.04 Å². The van der Waals surface area contributed by atoms with Gasteiger partial charge in [-0.15, -0.1) is 12.4 Å². The Kier molecular flexibility index (Phi) is 4.32. The van der Waals surface area contributed by atoms with Gasteiger partial charge in [0.05, 0.1) is 0 Å². The van der Waals surface area contributed by atoms with Crippen molar-refractivity contribution in [3.8, 4) is 0 Å². The van der Waals surface area contributed by atoms with E-state index in [9.17, 15) is 4.39 Å². The largest absolute Gasteiger partial charge is 0.314 e. The van der Waals surface area contributed by atoms with Crippen LogP contribution < -0.4 is 10.6 Å². The number of hydrogen-bond donors (Lipinski definition) is 2. The zero-order chi connectivity index (χ0) is 9.10. The van der Waals surface area contributed by atoms with Gasteiger partial charge in [0.2, 0.25) is 0 Å². The summed E-state index contributed by atoms with van der Waals surface area (Å²) < 4.78 is 12.6. The first kappa shape index (κ1) is 11.4. The van der Waals surface area contributed by atoms with Crippen molar-refractivity contribution in [2.45, 2.75) is 6.04 Å². The fourth-order valence-electron chi connectivity index (χ4n) is 1.58. The van der Waals surface area contributed by atoms with Crippen molar-refractivity contribution < 1.29 is 4.39 Å². The Hall–Kier alpha value is -0.640. The summed E-state index contributed by atoms with van der Waals surface area (Å²) in [6.07, 6.45) is 0. The minimum Gasteiger partial charge on any atom is -0.314 e. The van der Waals surface area contributed by atoms with Crippen molar-refractivity contribution in [1.29, 1.82) is 0 Å². The number of piperazine rings is 1. The SMILES string of the molecule is Cl.Fc1ccc(C2CNCCN2)cc1. The van der Waals surface area contributed by atoms with Crippen LogP contribution in [0.15, 0.2) is 24.3 Å². The van der Waals surface area contributed by atoms with Gasteiger partial charge < -0.3 is 10.6 Å². The average molecular weight is 217 g/mol. The molecule has 2 N–H and O–H groups in total. The Morgan fingerprint density at radius 1 is 1.14 bits per heavy atom. The van der Waals surface area contributed by atoms with Gasteiger partial charge in [0.15, 0.2) is 0 Å². The predicted octanol–water partition coefficient (Wildman–Crippen LogP) is 1.48. The lowest BCUT2D eigenvalue weighted by Crippen LogP contribution is -2.42. The normalized spacial score (nSPS) is 21.4. The third kappa shape index (κ3) is 2.67. The standard InChI is InChI=1S/C10H13FN2.ClH/c11-9-3-1-8(2-4-9)10-7-12-5-6-13-10;/h1-4,10,12-13H,5-7H2;1H. The highest BCUT2D eigenvalue weighted by Gasteiger charge is 2.13. The van der Waals surface area contributed by atoms with Gasteiger partial charge in [-0.2, -0.15) is 0 Å². The van der Waals surface area contributed by atoms with E-state index < -0.39 is 0 Å². The molecule has 1 aromatic carbocycles. The van der Waals surface area contributed by atoms with E-state index in [1.807, 2.05) is 12.1 Å². The van der Waals surface area contributed by atoms with Gasteiger partial charge in [0.1, 0.15) is 5.82 Å². The number of hydrogen-bond acceptors (Lipinski definition) is 2. The number of rotatable bonds is 1. The molecule has 2 rings (SSSR count). The highest BCUT2D eigenvalue weighted by Crippen LogP contribution is 2.13. The molecule has 1 aromatic rings. The number of benzene rings is 1. The van der Waals surface area contributed by atoms with Crippen molar-refractivity contribution in [2.75, 3.05) is 19.6 Å². The molecule has 1 saturated heterocycles. The molecule has 0 bridgehead atoms. The number of nitrogens with one attached hydrogen (secondary N) is 2. The van der Waals surface area contributed by atoms with E-state index in [1.54, 1.807) is 0 Å². The van der Waals surface area contributed by atoms with E-state index >= 15 is 0 Å².